The van der Waals surface area contributed by atoms with E-state index in [-0.39, 0.29) is 0 Å². The number of nitrogens with zero attached hydrogens (tertiary/aromatic N) is 3. The lowest BCUT2D eigenvalue weighted by atomic mass is 9.99. The van der Waals surface area contributed by atoms with Gasteiger partial charge < -0.3 is 24.8 Å². The number of benzene rings is 1. The maximum atomic E-state index is 5.79. The molecule has 0 saturated heterocycles. The van der Waals surface area contributed by atoms with Crippen molar-refractivity contribution in [3.05, 3.63) is 47.3 Å². The molecule has 0 saturated carbocycles. The zero-order valence-electron chi connectivity index (χ0n) is 19.8. The van der Waals surface area contributed by atoms with Gasteiger partial charge in [-0.05, 0) is 58.0 Å². The Bertz CT molecular complexity index is 767. The Morgan fingerprint density at radius 3 is 2.52 bits per heavy atom. The third-order valence-corrected chi connectivity index (χ3v) is 5.12. The van der Waals surface area contributed by atoms with Crippen molar-refractivity contribution in [3.8, 4) is 5.75 Å². The minimum absolute atomic E-state index is 0.458. The Morgan fingerprint density at radius 2 is 1.87 bits per heavy atom. The van der Waals surface area contributed by atoms with Gasteiger partial charge in [-0.2, -0.15) is 0 Å². The van der Waals surface area contributed by atoms with Crippen LogP contribution in [0.3, 0.4) is 0 Å². The average Bonchev–Trinajstić information content (AvgIpc) is 3.23. The predicted molar refractivity (Wildman–Crippen MR) is 127 cm³/mol. The molecule has 0 radical (unpaired) electrons. The third kappa shape index (κ3) is 9.00. The van der Waals surface area contributed by atoms with Gasteiger partial charge in [0.1, 0.15) is 5.75 Å². The first-order chi connectivity index (χ1) is 15.0. The van der Waals surface area contributed by atoms with Crippen molar-refractivity contribution in [2.75, 3.05) is 33.8 Å². The summed E-state index contributed by atoms with van der Waals surface area (Å²) in [4.78, 5) is 6.85. The van der Waals surface area contributed by atoms with E-state index in [1.54, 1.807) is 0 Å². The van der Waals surface area contributed by atoms with E-state index < -0.39 is 0 Å². The Morgan fingerprint density at radius 1 is 1.13 bits per heavy atom. The molecule has 0 atom stereocenters. The Balaban J connectivity index is 1.85. The highest BCUT2D eigenvalue weighted by Crippen LogP contribution is 2.22. The van der Waals surface area contributed by atoms with Crippen molar-refractivity contribution < 1.29 is 9.26 Å². The molecule has 0 aliphatic carbocycles. The molecular formula is C24H39N5O2. The molecular weight excluding hydrogens is 390 g/mol. The van der Waals surface area contributed by atoms with Crippen LogP contribution in [0.4, 0.5) is 0 Å². The van der Waals surface area contributed by atoms with Crippen molar-refractivity contribution in [2.45, 2.75) is 59.0 Å². The summed E-state index contributed by atoms with van der Waals surface area (Å²) in [6.07, 6.45) is 3.15. The van der Waals surface area contributed by atoms with Crippen LogP contribution >= 0.6 is 0 Å². The zero-order valence-corrected chi connectivity index (χ0v) is 19.8. The number of nitrogens with one attached hydrogen (secondary N) is 2. The van der Waals surface area contributed by atoms with Crippen LogP contribution in [0.5, 0.6) is 5.75 Å². The molecule has 1 heterocycles. The van der Waals surface area contributed by atoms with E-state index in [0.29, 0.717) is 19.0 Å². The summed E-state index contributed by atoms with van der Waals surface area (Å²) in [6.45, 7) is 10.1. The normalized spacial score (nSPS) is 11.9. The van der Waals surface area contributed by atoms with Gasteiger partial charge in [0.2, 0.25) is 0 Å². The second-order valence-electron chi connectivity index (χ2n) is 7.93. The molecule has 2 aromatic rings. The summed E-state index contributed by atoms with van der Waals surface area (Å²) in [5, 5.41) is 10.8. The van der Waals surface area contributed by atoms with Crippen molar-refractivity contribution in [1.29, 1.82) is 0 Å². The molecule has 0 fully saturated rings. The topological polar surface area (TPSA) is 74.9 Å². The molecule has 0 aliphatic rings. The van der Waals surface area contributed by atoms with Crippen LogP contribution < -0.4 is 15.4 Å². The van der Waals surface area contributed by atoms with Crippen LogP contribution in [0.25, 0.3) is 0 Å². The number of rotatable bonds is 13. The van der Waals surface area contributed by atoms with Crippen molar-refractivity contribution in [3.63, 3.8) is 0 Å². The van der Waals surface area contributed by atoms with Gasteiger partial charge in [-0.15, -0.1) is 0 Å². The lowest BCUT2D eigenvalue weighted by molar-refractivity contribution is 0.281. The summed E-state index contributed by atoms with van der Waals surface area (Å²) < 4.78 is 11.3. The summed E-state index contributed by atoms with van der Waals surface area (Å²) in [6, 6.07) is 10.2. The highest BCUT2D eigenvalue weighted by molar-refractivity contribution is 5.79. The minimum atomic E-state index is 0.458. The standard InChI is InChI=1S/C24H39N5O2/c1-6-20(7-2)23-16-22(31-28-23)18-27-24(25-8-3)26-17-19-10-12-21(13-11-19)30-15-9-14-29(4)5/h10-13,16,20H,6-9,14-15,17-18H2,1-5H3,(H2,25,26,27). The number of hydrogen-bond acceptors (Lipinski definition) is 5. The van der Waals surface area contributed by atoms with Crippen LogP contribution in [0.2, 0.25) is 0 Å². The van der Waals surface area contributed by atoms with Crippen molar-refractivity contribution in [1.82, 2.24) is 20.7 Å². The maximum Gasteiger partial charge on any atom is 0.191 e. The first-order valence-corrected chi connectivity index (χ1v) is 11.4. The largest absolute Gasteiger partial charge is 0.494 e. The minimum Gasteiger partial charge on any atom is -0.494 e. The van der Waals surface area contributed by atoms with Gasteiger partial charge in [0, 0.05) is 25.1 Å². The van der Waals surface area contributed by atoms with Crippen LogP contribution in [-0.4, -0.2) is 49.8 Å². The summed E-state index contributed by atoms with van der Waals surface area (Å²) >= 11 is 0. The maximum absolute atomic E-state index is 5.79. The smallest absolute Gasteiger partial charge is 0.191 e. The first kappa shape index (κ1) is 24.7. The van der Waals surface area contributed by atoms with Gasteiger partial charge in [0.25, 0.3) is 0 Å². The van der Waals surface area contributed by atoms with E-state index >= 15 is 0 Å². The van der Waals surface area contributed by atoms with E-state index in [0.717, 1.165) is 67.7 Å². The van der Waals surface area contributed by atoms with Gasteiger partial charge in [-0.1, -0.05) is 31.1 Å². The quantitative estimate of drug-likeness (QED) is 0.283. The molecule has 0 spiro atoms. The molecule has 0 aliphatic heterocycles. The lowest BCUT2D eigenvalue weighted by Crippen LogP contribution is -2.36. The monoisotopic (exact) mass is 429 g/mol. The van der Waals surface area contributed by atoms with Gasteiger partial charge in [-0.3, -0.25) is 0 Å². The van der Waals surface area contributed by atoms with E-state index in [9.17, 15) is 0 Å². The molecule has 2 rings (SSSR count). The fourth-order valence-electron chi connectivity index (χ4n) is 3.26. The first-order valence-electron chi connectivity index (χ1n) is 11.4. The van der Waals surface area contributed by atoms with Gasteiger partial charge in [0.15, 0.2) is 11.7 Å². The molecule has 1 aromatic heterocycles. The lowest BCUT2D eigenvalue weighted by Gasteiger charge is -2.11. The average molecular weight is 430 g/mol. The van der Waals surface area contributed by atoms with E-state index in [1.807, 2.05) is 18.2 Å². The molecule has 7 heteroatoms. The van der Waals surface area contributed by atoms with Crippen molar-refractivity contribution >= 4 is 5.96 Å². The Labute approximate surface area is 187 Å². The molecule has 0 unspecified atom stereocenters. The van der Waals surface area contributed by atoms with Gasteiger partial charge in [-0.25, -0.2) is 4.99 Å². The van der Waals surface area contributed by atoms with E-state index in [4.69, 9.17) is 9.26 Å². The van der Waals surface area contributed by atoms with E-state index in [1.165, 1.54) is 0 Å². The second-order valence-corrected chi connectivity index (χ2v) is 7.93. The highest BCUT2D eigenvalue weighted by atomic mass is 16.5. The van der Waals surface area contributed by atoms with Crippen LogP contribution in [0, 0.1) is 0 Å². The SMILES string of the molecule is CCNC(=NCc1ccc(OCCCN(C)C)cc1)NCc1cc(C(CC)CC)no1. The van der Waals surface area contributed by atoms with Crippen LogP contribution in [0.1, 0.15) is 63.0 Å². The number of hydrogen-bond donors (Lipinski definition) is 2. The fourth-order valence-corrected chi connectivity index (χ4v) is 3.26. The molecule has 0 bridgehead atoms. The number of aromatic nitrogens is 1. The molecule has 0 amide bonds. The molecule has 172 valence electrons. The van der Waals surface area contributed by atoms with Crippen molar-refractivity contribution in [2.24, 2.45) is 4.99 Å². The van der Waals surface area contributed by atoms with E-state index in [2.05, 4.69) is 72.7 Å². The Kier molecular flexibility index (Phi) is 10.9. The zero-order chi connectivity index (χ0) is 22.5. The number of guanidine groups is 1. The number of ether oxygens (including phenoxy) is 1. The molecule has 1 aromatic carbocycles. The number of aliphatic imine (C=N–C) groups is 1. The summed E-state index contributed by atoms with van der Waals surface area (Å²) in [5.41, 5.74) is 2.17. The summed E-state index contributed by atoms with van der Waals surface area (Å²) in [5.74, 6) is 2.93. The summed E-state index contributed by atoms with van der Waals surface area (Å²) in [7, 11) is 4.14. The molecule has 7 nitrogen and oxygen atoms in total. The highest BCUT2D eigenvalue weighted by Gasteiger charge is 2.13. The second kappa shape index (κ2) is 13.7. The van der Waals surface area contributed by atoms with Crippen LogP contribution in [0.15, 0.2) is 39.8 Å². The predicted octanol–water partition coefficient (Wildman–Crippen LogP) is 4.16. The van der Waals surface area contributed by atoms with Gasteiger partial charge >= 0.3 is 0 Å². The Hall–Kier alpha value is -2.54. The van der Waals surface area contributed by atoms with Gasteiger partial charge in [0.05, 0.1) is 25.4 Å². The third-order valence-electron chi connectivity index (χ3n) is 5.12. The molecule has 31 heavy (non-hydrogen) atoms. The fraction of sp³-hybridized carbons (Fsp3) is 0.583. The van der Waals surface area contributed by atoms with Crippen LogP contribution in [-0.2, 0) is 13.1 Å². The molecule has 2 N–H and O–H groups in total.